The van der Waals surface area contributed by atoms with Gasteiger partial charge in [-0.15, -0.1) is 0 Å². The van der Waals surface area contributed by atoms with Crippen LogP contribution >= 0.6 is 0 Å². The molecule has 0 unspecified atom stereocenters. The quantitative estimate of drug-likeness (QED) is 0.631. The van der Waals surface area contributed by atoms with Gasteiger partial charge in [-0.2, -0.15) is 13.2 Å². The molecule has 0 atom stereocenters. The molecule has 0 saturated heterocycles. The van der Waals surface area contributed by atoms with Crippen molar-refractivity contribution in [1.82, 2.24) is 4.98 Å². The SMILES string of the molecule is FC(F)(F)c1cncc2ccccc12. The number of halogens is 3. The molecular formula is C10H6F3N. The Morgan fingerprint density at radius 2 is 1.71 bits per heavy atom. The molecule has 0 saturated carbocycles. The van der Waals surface area contributed by atoms with Crippen molar-refractivity contribution in [3.63, 3.8) is 0 Å². The Kier molecular flexibility index (Phi) is 1.91. The summed E-state index contributed by atoms with van der Waals surface area (Å²) in [7, 11) is 0. The number of hydrogen-bond acceptors (Lipinski definition) is 1. The number of alkyl halides is 3. The summed E-state index contributed by atoms with van der Waals surface area (Å²) in [5.41, 5.74) is -0.685. The Hall–Kier alpha value is -1.58. The van der Waals surface area contributed by atoms with E-state index >= 15 is 0 Å². The molecule has 1 aromatic carbocycles. The number of hydrogen-bond donors (Lipinski definition) is 0. The van der Waals surface area contributed by atoms with E-state index in [1.807, 2.05) is 0 Å². The minimum atomic E-state index is -4.34. The smallest absolute Gasteiger partial charge is 0.263 e. The van der Waals surface area contributed by atoms with Crippen molar-refractivity contribution in [2.24, 2.45) is 0 Å². The second kappa shape index (κ2) is 2.97. The second-order valence-electron chi connectivity index (χ2n) is 2.91. The highest BCUT2D eigenvalue weighted by Gasteiger charge is 2.32. The minimum absolute atomic E-state index is 0.190. The molecule has 1 heterocycles. The summed E-state index contributed by atoms with van der Waals surface area (Å²) >= 11 is 0. The molecule has 0 aliphatic carbocycles. The average molecular weight is 197 g/mol. The highest BCUT2D eigenvalue weighted by atomic mass is 19.4. The van der Waals surface area contributed by atoms with Crippen LogP contribution in [0.4, 0.5) is 13.2 Å². The van der Waals surface area contributed by atoms with E-state index in [2.05, 4.69) is 4.98 Å². The zero-order chi connectivity index (χ0) is 10.2. The normalized spacial score (nSPS) is 11.9. The number of fused-ring (bicyclic) bond motifs is 1. The van der Waals surface area contributed by atoms with Crippen LogP contribution in [0.5, 0.6) is 0 Å². The van der Waals surface area contributed by atoms with Crippen LogP contribution in [-0.4, -0.2) is 4.98 Å². The molecule has 2 aromatic rings. The van der Waals surface area contributed by atoms with Crippen LogP contribution in [-0.2, 0) is 6.18 Å². The molecule has 4 heteroatoms. The molecule has 14 heavy (non-hydrogen) atoms. The zero-order valence-corrected chi connectivity index (χ0v) is 7.05. The molecule has 0 radical (unpaired) electrons. The summed E-state index contributed by atoms with van der Waals surface area (Å²) in [5.74, 6) is 0. The van der Waals surface area contributed by atoms with E-state index in [1.165, 1.54) is 12.3 Å². The minimum Gasteiger partial charge on any atom is -0.263 e. The van der Waals surface area contributed by atoms with Gasteiger partial charge < -0.3 is 0 Å². The number of rotatable bonds is 0. The van der Waals surface area contributed by atoms with Crippen LogP contribution in [0.25, 0.3) is 10.8 Å². The molecule has 0 spiro atoms. The first-order valence-electron chi connectivity index (χ1n) is 3.99. The van der Waals surface area contributed by atoms with Crippen molar-refractivity contribution in [3.8, 4) is 0 Å². The van der Waals surface area contributed by atoms with Crippen LogP contribution in [0, 0.1) is 0 Å². The number of benzene rings is 1. The molecular weight excluding hydrogens is 191 g/mol. The molecule has 72 valence electrons. The van der Waals surface area contributed by atoms with Crippen molar-refractivity contribution >= 4 is 10.8 Å². The number of aromatic nitrogens is 1. The van der Waals surface area contributed by atoms with Gasteiger partial charge in [-0.05, 0) is 5.39 Å². The van der Waals surface area contributed by atoms with Gasteiger partial charge in [-0.25, -0.2) is 0 Å². The van der Waals surface area contributed by atoms with Gasteiger partial charge in [0.1, 0.15) is 0 Å². The lowest BCUT2D eigenvalue weighted by Gasteiger charge is -2.08. The third kappa shape index (κ3) is 1.43. The van der Waals surface area contributed by atoms with E-state index in [1.54, 1.807) is 18.2 Å². The summed E-state index contributed by atoms with van der Waals surface area (Å²) in [4.78, 5) is 3.56. The summed E-state index contributed by atoms with van der Waals surface area (Å²) < 4.78 is 37.4. The third-order valence-electron chi connectivity index (χ3n) is 1.97. The molecule has 2 rings (SSSR count). The Morgan fingerprint density at radius 3 is 2.43 bits per heavy atom. The summed E-state index contributed by atoms with van der Waals surface area (Å²) in [6, 6.07) is 6.32. The maximum absolute atomic E-state index is 12.5. The fraction of sp³-hybridized carbons (Fsp3) is 0.100. The number of nitrogens with zero attached hydrogens (tertiary/aromatic N) is 1. The fourth-order valence-corrected chi connectivity index (χ4v) is 1.34. The van der Waals surface area contributed by atoms with Crippen LogP contribution in [0.3, 0.4) is 0 Å². The van der Waals surface area contributed by atoms with E-state index in [0.29, 0.717) is 5.39 Å². The topological polar surface area (TPSA) is 12.9 Å². The van der Waals surface area contributed by atoms with Gasteiger partial charge in [0.15, 0.2) is 0 Å². The van der Waals surface area contributed by atoms with Gasteiger partial charge in [0, 0.05) is 17.8 Å². The lowest BCUT2D eigenvalue weighted by molar-refractivity contribution is -0.136. The van der Waals surface area contributed by atoms with Crippen molar-refractivity contribution in [1.29, 1.82) is 0 Å². The molecule has 1 nitrogen and oxygen atoms in total. The van der Waals surface area contributed by atoms with Gasteiger partial charge in [0.25, 0.3) is 0 Å². The lowest BCUT2D eigenvalue weighted by Crippen LogP contribution is -2.06. The highest BCUT2D eigenvalue weighted by Crippen LogP contribution is 2.33. The standard InChI is InChI=1S/C10H6F3N/c11-10(12,13)9-6-14-5-7-3-1-2-4-8(7)9/h1-6H. The molecule has 0 aliphatic rings. The maximum atomic E-state index is 12.5. The third-order valence-corrected chi connectivity index (χ3v) is 1.97. The molecule has 1 aromatic heterocycles. The fourth-order valence-electron chi connectivity index (χ4n) is 1.34. The van der Waals surface area contributed by atoms with Gasteiger partial charge in [-0.3, -0.25) is 4.98 Å². The van der Waals surface area contributed by atoms with E-state index in [4.69, 9.17) is 0 Å². The van der Waals surface area contributed by atoms with Crippen LogP contribution in [0.2, 0.25) is 0 Å². The highest BCUT2D eigenvalue weighted by molar-refractivity contribution is 5.85. The summed E-state index contributed by atoms with van der Waals surface area (Å²) in [6.45, 7) is 0. The van der Waals surface area contributed by atoms with Crippen molar-refractivity contribution in [2.75, 3.05) is 0 Å². The van der Waals surface area contributed by atoms with Crippen molar-refractivity contribution in [2.45, 2.75) is 6.18 Å². The van der Waals surface area contributed by atoms with Gasteiger partial charge in [0.05, 0.1) is 5.56 Å². The second-order valence-corrected chi connectivity index (χ2v) is 2.91. The molecule has 0 N–H and O–H groups in total. The Balaban J connectivity index is 2.78. The van der Waals surface area contributed by atoms with E-state index < -0.39 is 11.7 Å². The van der Waals surface area contributed by atoms with Crippen LogP contribution < -0.4 is 0 Å². The Bertz CT molecular complexity index is 457. The molecule has 0 fully saturated rings. The van der Waals surface area contributed by atoms with Gasteiger partial charge in [0.2, 0.25) is 0 Å². The van der Waals surface area contributed by atoms with Crippen molar-refractivity contribution < 1.29 is 13.2 Å². The van der Waals surface area contributed by atoms with Crippen LogP contribution in [0.15, 0.2) is 36.7 Å². The predicted octanol–water partition coefficient (Wildman–Crippen LogP) is 3.25. The molecule has 0 bridgehead atoms. The van der Waals surface area contributed by atoms with Crippen molar-refractivity contribution in [3.05, 3.63) is 42.2 Å². The zero-order valence-electron chi connectivity index (χ0n) is 7.05. The maximum Gasteiger partial charge on any atom is 0.418 e. The molecule has 0 amide bonds. The van der Waals surface area contributed by atoms with Crippen LogP contribution in [0.1, 0.15) is 5.56 Å². The summed E-state index contributed by atoms with van der Waals surface area (Å²) in [6.07, 6.45) is -2.07. The lowest BCUT2D eigenvalue weighted by atomic mass is 10.1. The van der Waals surface area contributed by atoms with E-state index in [0.717, 1.165) is 6.20 Å². The predicted molar refractivity (Wildman–Crippen MR) is 46.7 cm³/mol. The summed E-state index contributed by atoms with van der Waals surface area (Å²) in [5, 5.41) is 0.692. The Labute approximate surface area is 78.2 Å². The number of pyridine rings is 1. The largest absolute Gasteiger partial charge is 0.418 e. The van der Waals surface area contributed by atoms with Gasteiger partial charge >= 0.3 is 6.18 Å². The first-order chi connectivity index (χ1) is 6.59. The first kappa shape index (κ1) is 8.99. The monoisotopic (exact) mass is 197 g/mol. The molecule has 0 aliphatic heterocycles. The average Bonchev–Trinajstić information content (AvgIpc) is 2.15. The first-order valence-corrected chi connectivity index (χ1v) is 3.99. The van der Waals surface area contributed by atoms with E-state index in [-0.39, 0.29) is 5.39 Å². The van der Waals surface area contributed by atoms with Gasteiger partial charge in [-0.1, -0.05) is 24.3 Å². The Morgan fingerprint density at radius 1 is 1.00 bits per heavy atom. The van der Waals surface area contributed by atoms with E-state index in [9.17, 15) is 13.2 Å².